The summed E-state index contributed by atoms with van der Waals surface area (Å²) in [5.41, 5.74) is 1.90. The molecule has 0 aliphatic carbocycles. The molecular weight excluding hydrogens is 296 g/mol. The fourth-order valence-electron chi connectivity index (χ4n) is 2.01. The third-order valence-corrected chi connectivity index (χ3v) is 3.26. The van der Waals surface area contributed by atoms with Gasteiger partial charge in [-0.05, 0) is 31.2 Å². The Hall–Kier alpha value is -3.22. The van der Waals surface area contributed by atoms with Crippen LogP contribution in [0.4, 0.5) is 5.69 Å². The van der Waals surface area contributed by atoms with E-state index in [9.17, 15) is 10.1 Å². The fourth-order valence-corrected chi connectivity index (χ4v) is 2.01. The summed E-state index contributed by atoms with van der Waals surface area (Å²) < 4.78 is 5.62. The molecule has 0 unspecified atom stereocenters. The van der Waals surface area contributed by atoms with Crippen LogP contribution in [0.2, 0.25) is 0 Å². The first kappa shape index (κ1) is 14.7. The first-order valence-electron chi connectivity index (χ1n) is 6.97. The highest BCUT2D eigenvalue weighted by Crippen LogP contribution is 2.19. The Labute approximate surface area is 132 Å². The quantitative estimate of drug-likeness (QED) is 0.576. The third-order valence-electron chi connectivity index (χ3n) is 3.26. The minimum Gasteiger partial charge on any atom is -0.486 e. The van der Waals surface area contributed by atoms with Crippen molar-refractivity contribution in [2.45, 2.75) is 13.5 Å². The van der Waals surface area contributed by atoms with Crippen LogP contribution < -0.4 is 4.74 Å². The Bertz CT molecular complexity index is 810. The summed E-state index contributed by atoms with van der Waals surface area (Å²) in [6.07, 6.45) is 0. The maximum atomic E-state index is 10.6. The van der Waals surface area contributed by atoms with Gasteiger partial charge in [0.2, 0.25) is 0 Å². The number of aromatic nitrogens is 3. The van der Waals surface area contributed by atoms with Gasteiger partial charge in [0.05, 0.1) is 4.92 Å². The van der Waals surface area contributed by atoms with Crippen molar-refractivity contribution in [3.8, 4) is 17.1 Å². The highest BCUT2D eigenvalue weighted by atomic mass is 16.6. The number of nitrogens with zero attached hydrogens (tertiary/aromatic N) is 3. The fraction of sp³-hybridized carbons (Fsp3) is 0.125. The zero-order valence-corrected chi connectivity index (χ0v) is 12.4. The van der Waals surface area contributed by atoms with Crippen molar-refractivity contribution in [1.82, 2.24) is 15.2 Å². The summed E-state index contributed by atoms with van der Waals surface area (Å²) in [6.45, 7) is 2.28. The summed E-state index contributed by atoms with van der Waals surface area (Å²) in [5, 5.41) is 17.6. The van der Waals surface area contributed by atoms with Gasteiger partial charge in [0.15, 0.2) is 11.6 Å². The van der Waals surface area contributed by atoms with Crippen LogP contribution in [0.3, 0.4) is 0 Å². The molecule has 0 saturated carbocycles. The molecule has 3 aromatic rings. The normalized spacial score (nSPS) is 10.5. The van der Waals surface area contributed by atoms with Gasteiger partial charge in [0.1, 0.15) is 12.4 Å². The highest BCUT2D eigenvalue weighted by Gasteiger charge is 2.09. The number of benzene rings is 2. The van der Waals surface area contributed by atoms with Crippen LogP contribution >= 0.6 is 0 Å². The van der Waals surface area contributed by atoms with Crippen molar-refractivity contribution in [2.75, 3.05) is 0 Å². The molecular formula is C16H14N4O3. The number of rotatable bonds is 5. The average Bonchev–Trinajstić information content (AvgIpc) is 3.03. The predicted molar refractivity (Wildman–Crippen MR) is 84.0 cm³/mol. The van der Waals surface area contributed by atoms with Gasteiger partial charge >= 0.3 is 0 Å². The van der Waals surface area contributed by atoms with Gasteiger partial charge in [-0.1, -0.05) is 17.7 Å². The second kappa shape index (κ2) is 6.27. The van der Waals surface area contributed by atoms with Gasteiger partial charge in [0.25, 0.3) is 5.69 Å². The molecule has 0 spiro atoms. The Morgan fingerprint density at radius 1 is 1.13 bits per heavy atom. The number of nitrogens with one attached hydrogen (secondary N) is 1. The SMILES string of the molecule is Cc1ccc(OCc2nc(-c3ccc([N+](=O)[O-])cc3)n[nH]2)cc1. The van der Waals surface area contributed by atoms with E-state index < -0.39 is 4.92 Å². The lowest BCUT2D eigenvalue weighted by Gasteiger charge is -2.03. The Kier molecular flexibility index (Phi) is 4.01. The zero-order chi connectivity index (χ0) is 16.2. The number of nitro groups is 1. The molecule has 0 radical (unpaired) electrons. The van der Waals surface area contributed by atoms with E-state index in [2.05, 4.69) is 15.2 Å². The Balaban J connectivity index is 1.67. The highest BCUT2D eigenvalue weighted by molar-refractivity contribution is 5.56. The molecule has 0 fully saturated rings. The number of nitro benzene ring substituents is 1. The molecule has 2 aromatic carbocycles. The maximum absolute atomic E-state index is 10.6. The number of ether oxygens (including phenoxy) is 1. The van der Waals surface area contributed by atoms with Crippen LogP contribution in [-0.4, -0.2) is 20.1 Å². The van der Waals surface area contributed by atoms with E-state index in [1.54, 1.807) is 12.1 Å². The number of hydrogen-bond donors (Lipinski definition) is 1. The maximum Gasteiger partial charge on any atom is 0.269 e. The van der Waals surface area contributed by atoms with Crippen molar-refractivity contribution in [3.05, 3.63) is 70.0 Å². The molecule has 0 amide bonds. The van der Waals surface area contributed by atoms with E-state index in [-0.39, 0.29) is 12.3 Å². The van der Waals surface area contributed by atoms with Crippen LogP contribution in [0.25, 0.3) is 11.4 Å². The minimum absolute atomic E-state index is 0.0345. The summed E-state index contributed by atoms with van der Waals surface area (Å²) in [6, 6.07) is 13.8. The van der Waals surface area contributed by atoms with Gasteiger partial charge in [-0.15, -0.1) is 0 Å². The van der Waals surface area contributed by atoms with E-state index in [0.29, 0.717) is 17.2 Å². The average molecular weight is 310 g/mol. The number of hydrogen-bond acceptors (Lipinski definition) is 5. The van der Waals surface area contributed by atoms with Crippen LogP contribution in [-0.2, 0) is 6.61 Å². The molecule has 0 saturated heterocycles. The van der Waals surface area contributed by atoms with E-state index in [1.807, 2.05) is 31.2 Å². The standard InChI is InChI=1S/C16H14N4O3/c1-11-2-8-14(9-3-11)23-10-15-17-16(19-18-15)12-4-6-13(7-5-12)20(21)22/h2-9H,10H2,1H3,(H,17,18,19). The molecule has 7 nitrogen and oxygen atoms in total. The van der Waals surface area contributed by atoms with E-state index in [1.165, 1.54) is 12.1 Å². The molecule has 0 aliphatic heterocycles. The van der Waals surface area contributed by atoms with E-state index in [4.69, 9.17) is 4.74 Å². The number of aryl methyl sites for hydroxylation is 1. The van der Waals surface area contributed by atoms with Crippen LogP contribution in [0.5, 0.6) is 5.75 Å². The molecule has 7 heteroatoms. The van der Waals surface area contributed by atoms with Crippen molar-refractivity contribution in [1.29, 1.82) is 0 Å². The zero-order valence-electron chi connectivity index (χ0n) is 12.4. The van der Waals surface area contributed by atoms with Gasteiger partial charge < -0.3 is 4.74 Å². The third kappa shape index (κ3) is 3.52. The molecule has 23 heavy (non-hydrogen) atoms. The lowest BCUT2D eigenvalue weighted by Crippen LogP contribution is -1.97. The molecule has 1 heterocycles. The molecule has 116 valence electrons. The molecule has 0 aliphatic rings. The van der Waals surface area contributed by atoms with Gasteiger partial charge in [-0.25, -0.2) is 4.98 Å². The first-order valence-corrected chi connectivity index (χ1v) is 6.97. The lowest BCUT2D eigenvalue weighted by molar-refractivity contribution is -0.384. The molecule has 0 bridgehead atoms. The van der Waals surface area contributed by atoms with E-state index in [0.717, 1.165) is 11.3 Å². The topological polar surface area (TPSA) is 93.9 Å². The van der Waals surface area contributed by atoms with Gasteiger partial charge in [0, 0.05) is 17.7 Å². The Morgan fingerprint density at radius 3 is 2.48 bits per heavy atom. The Morgan fingerprint density at radius 2 is 1.83 bits per heavy atom. The first-order chi connectivity index (χ1) is 11.1. The summed E-state index contributed by atoms with van der Waals surface area (Å²) in [7, 11) is 0. The summed E-state index contributed by atoms with van der Waals surface area (Å²) in [4.78, 5) is 14.5. The van der Waals surface area contributed by atoms with Crippen molar-refractivity contribution in [3.63, 3.8) is 0 Å². The van der Waals surface area contributed by atoms with Gasteiger partial charge in [-0.2, -0.15) is 5.10 Å². The van der Waals surface area contributed by atoms with Crippen LogP contribution in [0.15, 0.2) is 48.5 Å². The minimum atomic E-state index is -0.442. The predicted octanol–water partition coefficient (Wildman–Crippen LogP) is 3.27. The largest absolute Gasteiger partial charge is 0.486 e. The molecule has 0 atom stereocenters. The van der Waals surface area contributed by atoms with Crippen LogP contribution in [0.1, 0.15) is 11.4 Å². The number of non-ortho nitro benzene ring substituents is 1. The smallest absolute Gasteiger partial charge is 0.269 e. The second-order valence-electron chi connectivity index (χ2n) is 5.01. The lowest BCUT2D eigenvalue weighted by atomic mass is 10.2. The van der Waals surface area contributed by atoms with E-state index >= 15 is 0 Å². The van der Waals surface area contributed by atoms with Crippen molar-refractivity contribution < 1.29 is 9.66 Å². The monoisotopic (exact) mass is 310 g/mol. The number of H-pyrrole nitrogens is 1. The summed E-state index contributed by atoms with van der Waals surface area (Å²) in [5.74, 6) is 1.81. The molecule has 3 rings (SSSR count). The number of aromatic amines is 1. The van der Waals surface area contributed by atoms with Gasteiger partial charge in [-0.3, -0.25) is 15.2 Å². The molecule has 1 aromatic heterocycles. The summed E-state index contributed by atoms with van der Waals surface area (Å²) >= 11 is 0. The van der Waals surface area contributed by atoms with Crippen molar-refractivity contribution in [2.24, 2.45) is 0 Å². The molecule has 1 N–H and O–H groups in total. The second-order valence-corrected chi connectivity index (χ2v) is 5.01. The van der Waals surface area contributed by atoms with Crippen molar-refractivity contribution >= 4 is 5.69 Å². The van der Waals surface area contributed by atoms with Crippen LogP contribution in [0, 0.1) is 17.0 Å².